The van der Waals surface area contributed by atoms with Gasteiger partial charge in [0.15, 0.2) is 0 Å². The smallest absolute Gasteiger partial charge is 0.0236 e. The van der Waals surface area contributed by atoms with Gasteiger partial charge < -0.3 is 5.32 Å². The number of likely N-dealkylation sites (N-methyl/N-ethyl adjacent to an activating group) is 2. The highest BCUT2D eigenvalue weighted by Gasteiger charge is 2.18. The van der Waals surface area contributed by atoms with Crippen molar-refractivity contribution in [3.05, 3.63) is 35.4 Å². The van der Waals surface area contributed by atoms with Crippen LogP contribution in [0.25, 0.3) is 0 Å². The van der Waals surface area contributed by atoms with Crippen molar-refractivity contribution in [2.45, 2.75) is 45.8 Å². The van der Waals surface area contributed by atoms with E-state index in [9.17, 15) is 0 Å². The molecule has 2 heteroatoms. The Kier molecular flexibility index (Phi) is 5.66. The summed E-state index contributed by atoms with van der Waals surface area (Å²) in [6.45, 7) is 7.73. The molecular weight excluding hydrogens is 208 g/mol. The first-order valence-electron chi connectivity index (χ1n) is 6.52. The number of rotatable bonds is 6. The van der Waals surface area contributed by atoms with E-state index in [1.54, 1.807) is 0 Å². The largest absolute Gasteiger partial charge is 0.315 e. The summed E-state index contributed by atoms with van der Waals surface area (Å²) in [4.78, 5) is 2.42. The number of nitrogens with one attached hydrogen (secondary N) is 1. The van der Waals surface area contributed by atoms with E-state index in [0.29, 0.717) is 12.1 Å². The molecule has 0 saturated carbocycles. The Morgan fingerprint density at radius 1 is 1.29 bits per heavy atom. The highest BCUT2D eigenvalue weighted by atomic mass is 15.2. The zero-order valence-corrected chi connectivity index (χ0v) is 11.8. The van der Waals surface area contributed by atoms with Crippen LogP contribution < -0.4 is 5.32 Å². The SMILES string of the molecule is CCC(NC)C(C)N(C)Cc1ccccc1C. The van der Waals surface area contributed by atoms with Gasteiger partial charge >= 0.3 is 0 Å². The molecule has 0 radical (unpaired) electrons. The van der Waals surface area contributed by atoms with Crippen molar-refractivity contribution in [2.75, 3.05) is 14.1 Å². The lowest BCUT2D eigenvalue weighted by molar-refractivity contribution is 0.200. The average Bonchev–Trinajstić information content (AvgIpc) is 2.33. The van der Waals surface area contributed by atoms with Gasteiger partial charge in [-0.3, -0.25) is 4.90 Å². The standard InChI is InChI=1S/C15H26N2/c1-6-15(16-4)13(3)17(5)11-14-10-8-7-9-12(14)2/h7-10,13,15-16H,6,11H2,1-5H3. The minimum atomic E-state index is 0.546. The van der Waals surface area contributed by atoms with Gasteiger partial charge in [-0.15, -0.1) is 0 Å². The maximum atomic E-state index is 3.39. The maximum Gasteiger partial charge on any atom is 0.0236 e. The number of aryl methyl sites for hydroxylation is 1. The summed E-state index contributed by atoms with van der Waals surface area (Å²) in [5.74, 6) is 0. The Labute approximate surface area is 106 Å². The molecule has 96 valence electrons. The minimum absolute atomic E-state index is 0.546. The first-order valence-corrected chi connectivity index (χ1v) is 6.52. The van der Waals surface area contributed by atoms with Gasteiger partial charge in [0.25, 0.3) is 0 Å². The fourth-order valence-corrected chi connectivity index (χ4v) is 2.29. The second kappa shape index (κ2) is 6.77. The van der Waals surface area contributed by atoms with E-state index in [0.717, 1.165) is 13.0 Å². The highest BCUT2D eigenvalue weighted by Crippen LogP contribution is 2.13. The molecule has 0 bridgehead atoms. The van der Waals surface area contributed by atoms with Gasteiger partial charge in [-0.05, 0) is 45.5 Å². The lowest BCUT2D eigenvalue weighted by atomic mass is 10.0. The number of hydrogen-bond donors (Lipinski definition) is 1. The van der Waals surface area contributed by atoms with Crippen LogP contribution in [0.3, 0.4) is 0 Å². The summed E-state index contributed by atoms with van der Waals surface area (Å²) in [5.41, 5.74) is 2.80. The summed E-state index contributed by atoms with van der Waals surface area (Å²) in [5, 5.41) is 3.39. The molecule has 2 nitrogen and oxygen atoms in total. The minimum Gasteiger partial charge on any atom is -0.315 e. The summed E-state index contributed by atoms with van der Waals surface area (Å²) in [7, 11) is 4.25. The Hall–Kier alpha value is -0.860. The van der Waals surface area contributed by atoms with E-state index in [1.165, 1.54) is 11.1 Å². The average molecular weight is 234 g/mol. The summed E-state index contributed by atoms with van der Waals surface area (Å²) in [6.07, 6.45) is 1.16. The lowest BCUT2D eigenvalue weighted by Crippen LogP contribution is -2.45. The van der Waals surface area contributed by atoms with Crippen LogP contribution in [0.4, 0.5) is 0 Å². The van der Waals surface area contributed by atoms with E-state index in [2.05, 4.69) is 62.3 Å². The second-order valence-corrected chi connectivity index (χ2v) is 4.89. The molecule has 2 unspecified atom stereocenters. The third-order valence-corrected chi connectivity index (χ3v) is 3.77. The normalized spacial score (nSPS) is 14.9. The Morgan fingerprint density at radius 2 is 1.94 bits per heavy atom. The van der Waals surface area contributed by atoms with Gasteiger partial charge in [0, 0.05) is 18.6 Å². The molecule has 2 atom stereocenters. The molecule has 0 heterocycles. The van der Waals surface area contributed by atoms with Crippen LogP contribution in [0.1, 0.15) is 31.4 Å². The van der Waals surface area contributed by atoms with Gasteiger partial charge in [-0.2, -0.15) is 0 Å². The Balaban J connectivity index is 2.65. The fourth-order valence-electron chi connectivity index (χ4n) is 2.29. The van der Waals surface area contributed by atoms with Crippen molar-refractivity contribution in [1.29, 1.82) is 0 Å². The molecule has 0 aromatic heterocycles. The van der Waals surface area contributed by atoms with Crippen LogP contribution in [0, 0.1) is 6.92 Å². The fraction of sp³-hybridized carbons (Fsp3) is 0.600. The van der Waals surface area contributed by atoms with Gasteiger partial charge in [0.1, 0.15) is 0 Å². The van der Waals surface area contributed by atoms with Crippen LogP contribution in [0.2, 0.25) is 0 Å². The molecular formula is C15H26N2. The monoisotopic (exact) mass is 234 g/mol. The van der Waals surface area contributed by atoms with Crippen molar-refractivity contribution in [3.8, 4) is 0 Å². The molecule has 1 aromatic carbocycles. The molecule has 1 N–H and O–H groups in total. The van der Waals surface area contributed by atoms with Gasteiger partial charge in [0.05, 0.1) is 0 Å². The number of nitrogens with zero attached hydrogens (tertiary/aromatic N) is 1. The van der Waals surface area contributed by atoms with E-state index in [4.69, 9.17) is 0 Å². The van der Waals surface area contributed by atoms with E-state index in [1.807, 2.05) is 7.05 Å². The molecule has 1 rings (SSSR count). The van der Waals surface area contributed by atoms with Gasteiger partial charge in [-0.1, -0.05) is 31.2 Å². The van der Waals surface area contributed by atoms with Crippen LogP contribution in [0.15, 0.2) is 24.3 Å². The maximum absolute atomic E-state index is 3.39. The molecule has 0 aliphatic heterocycles. The predicted octanol–water partition coefficient (Wildman–Crippen LogP) is 2.81. The summed E-state index contributed by atoms with van der Waals surface area (Å²) >= 11 is 0. The molecule has 1 aromatic rings. The molecule has 0 fully saturated rings. The third-order valence-electron chi connectivity index (χ3n) is 3.77. The first-order chi connectivity index (χ1) is 8.10. The van der Waals surface area contributed by atoms with Crippen LogP contribution in [-0.4, -0.2) is 31.1 Å². The van der Waals surface area contributed by atoms with Crippen molar-refractivity contribution in [3.63, 3.8) is 0 Å². The zero-order valence-electron chi connectivity index (χ0n) is 11.8. The van der Waals surface area contributed by atoms with E-state index >= 15 is 0 Å². The highest BCUT2D eigenvalue weighted by molar-refractivity contribution is 5.25. The van der Waals surface area contributed by atoms with Crippen molar-refractivity contribution in [1.82, 2.24) is 10.2 Å². The number of benzene rings is 1. The predicted molar refractivity (Wildman–Crippen MR) is 75.2 cm³/mol. The molecule has 17 heavy (non-hydrogen) atoms. The lowest BCUT2D eigenvalue weighted by Gasteiger charge is -2.31. The molecule has 0 aliphatic rings. The van der Waals surface area contributed by atoms with E-state index < -0.39 is 0 Å². The van der Waals surface area contributed by atoms with Gasteiger partial charge in [0.2, 0.25) is 0 Å². The van der Waals surface area contributed by atoms with E-state index in [-0.39, 0.29) is 0 Å². The molecule has 0 spiro atoms. The summed E-state index contributed by atoms with van der Waals surface area (Å²) < 4.78 is 0. The number of hydrogen-bond acceptors (Lipinski definition) is 2. The molecule has 0 aliphatic carbocycles. The first kappa shape index (κ1) is 14.2. The second-order valence-electron chi connectivity index (χ2n) is 4.89. The third kappa shape index (κ3) is 3.83. The zero-order chi connectivity index (χ0) is 12.8. The van der Waals surface area contributed by atoms with Gasteiger partial charge in [-0.25, -0.2) is 0 Å². The molecule has 0 saturated heterocycles. The Bertz CT molecular complexity index is 331. The van der Waals surface area contributed by atoms with Crippen molar-refractivity contribution < 1.29 is 0 Å². The molecule has 0 amide bonds. The van der Waals surface area contributed by atoms with Crippen molar-refractivity contribution in [2.24, 2.45) is 0 Å². The van der Waals surface area contributed by atoms with Crippen LogP contribution >= 0.6 is 0 Å². The quantitative estimate of drug-likeness (QED) is 0.814. The van der Waals surface area contributed by atoms with Crippen molar-refractivity contribution >= 4 is 0 Å². The topological polar surface area (TPSA) is 15.3 Å². The van der Waals surface area contributed by atoms with Crippen LogP contribution in [-0.2, 0) is 6.54 Å². The van der Waals surface area contributed by atoms with Crippen LogP contribution in [0.5, 0.6) is 0 Å². The Morgan fingerprint density at radius 3 is 2.47 bits per heavy atom. The summed E-state index contributed by atoms with van der Waals surface area (Å²) in [6, 6.07) is 9.73.